The number of benzene rings is 1. The van der Waals surface area contributed by atoms with E-state index in [2.05, 4.69) is 31.7 Å². The van der Waals surface area contributed by atoms with E-state index in [0.29, 0.717) is 11.7 Å². The fraction of sp³-hybridized carbons (Fsp3) is 0.231. The van der Waals surface area contributed by atoms with E-state index in [0.717, 1.165) is 22.5 Å². The van der Waals surface area contributed by atoms with Gasteiger partial charge >= 0.3 is 0 Å². The van der Waals surface area contributed by atoms with Crippen LogP contribution in [0.25, 0.3) is 0 Å². The molecule has 106 valence electrons. The predicted octanol–water partition coefficient (Wildman–Crippen LogP) is 2.64. The van der Waals surface area contributed by atoms with E-state index in [1.807, 2.05) is 35.1 Å². The normalized spacial score (nSPS) is 10.1. The summed E-state index contributed by atoms with van der Waals surface area (Å²) in [7, 11) is 1.64. The molecule has 0 aliphatic carbocycles. The van der Waals surface area contributed by atoms with Gasteiger partial charge in [0, 0.05) is 18.4 Å². The molecule has 7 heteroatoms. The third-order valence-electron chi connectivity index (χ3n) is 2.58. The van der Waals surface area contributed by atoms with Gasteiger partial charge in [0.05, 0.1) is 24.3 Å². The summed E-state index contributed by atoms with van der Waals surface area (Å²) < 4.78 is 7.91. The topological polar surface area (TPSA) is 51.1 Å². The van der Waals surface area contributed by atoms with Gasteiger partial charge in [-0.25, -0.2) is 0 Å². The molecular formula is C13H15BrN4OS. The maximum absolute atomic E-state index is 5.23. The first-order valence-electron chi connectivity index (χ1n) is 6.04. The lowest BCUT2D eigenvalue weighted by Crippen LogP contribution is -2.31. The van der Waals surface area contributed by atoms with Crippen LogP contribution in [0, 0.1) is 0 Å². The van der Waals surface area contributed by atoms with E-state index in [1.165, 1.54) is 0 Å². The Hall–Kier alpha value is -1.60. The monoisotopic (exact) mass is 354 g/mol. The van der Waals surface area contributed by atoms with E-state index in [9.17, 15) is 0 Å². The second-order valence-corrected chi connectivity index (χ2v) is 5.35. The molecule has 0 spiro atoms. The molecule has 0 amide bonds. The van der Waals surface area contributed by atoms with Crippen molar-refractivity contribution in [2.24, 2.45) is 0 Å². The first kappa shape index (κ1) is 14.8. The molecule has 5 nitrogen and oxygen atoms in total. The highest BCUT2D eigenvalue weighted by atomic mass is 79.9. The molecule has 0 fully saturated rings. The van der Waals surface area contributed by atoms with Crippen LogP contribution in [0.4, 0.5) is 5.69 Å². The zero-order valence-electron chi connectivity index (χ0n) is 11.0. The van der Waals surface area contributed by atoms with Crippen LogP contribution >= 0.6 is 28.1 Å². The molecule has 0 radical (unpaired) electrons. The van der Waals surface area contributed by atoms with E-state index in [4.69, 9.17) is 17.0 Å². The van der Waals surface area contributed by atoms with Crippen LogP contribution in [-0.4, -0.2) is 28.5 Å². The van der Waals surface area contributed by atoms with Gasteiger partial charge in [-0.2, -0.15) is 5.10 Å². The fourth-order valence-electron chi connectivity index (χ4n) is 1.59. The van der Waals surface area contributed by atoms with Crippen LogP contribution in [0.2, 0.25) is 0 Å². The Morgan fingerprint density at radius 2 is 2.15 bits per heavy atom. The number of thiocarbonyl (C=S) groups is 1. The molecule has 20 heavy (non-hydrogen) atoms. The van der Waals surface area contributed by atoms with Crippen molar-refractivity contribution >= 4 is 38.9 Å². The summed E-state index contributed by atoms with van der Waals surface area (Å²) in [6.07, 6.45) is 3.68. The molecule has 0 aliphatic rings. The van der Waals surface area contributed by atoms with Crippen molar-refractivity contribution in [2.45, 2.75) is 6.54 Å². The summed E-state index contributed by atoms with van der Waals surface area (Å²) in [5.41, 5.74) is 0.921. The molecule has 0 unspecified atom stereocenters. The molecule has 2 aromatic rings. The van der Waals surface area contributed by atoms with Crippen LogP contribution in [0.3, 0.4) is 0 Å². The van der Waals surface area contributed by atoms with Crippen molar-refractivity contribution < 1.29 is 4.74 Å². The van der Waals surface area contributed by atoms with Gasteiger partial charge in [0.25, 0.3) is 0 Å². The molecule has 0 saturated heterocycles. The minimum absolute atomic E-state index is 0.585. The second kappa shape index (κ2) is 7.25. The zero-order chi connectivity index (χ0) is 14.4. The Morgan fingerprint density at radius 3 is 2.75 bits per heavy atom. The number of nitrogens with zero attached hydrogens (tertiary/aromatic N) is 2. The summed E-state index contributed by atoms with van der Waals surface area (Å²) in [6.45, 7) is 1.45. The fourth-order valence-corrected chi connectivity index (χ4v) is 2.14. The number of hydrogen-bond donors (Lipinski definition) is 2. The quantitative estimate of drug-likeness (QED) is 0.808. The van der Waals surface area contributed by atoms with Gasteiger partial charge in [0.15, 0.2) is 5.11 Å². The van der Waals surface area contributed by atoms with E-state index >= 15 is 0 Å². The minimum Gasteiger partial charge on any atom is -0.497 e. The molecule has 0 saturated carbocycles. The lowest BCUT2D eigenvalue weighted by Gasteiger charge is -2.11. The van der Waals surface area contributed by atoms with Crippen LogP contribution < -0.4 is 15.4 Å². The van der Waals surface area contributed by atoms with Crippen molar-refractivity contribution in [2.75, 3.05) is 19.0 Å². The first-order chi connectivity index (χ1) is 9.67. The standard InChI is InChI=1S/C13H15BrN4OS/c1-19-12-4-2-11(3-5-12)17-13(20)15-6-7-18-9-10(14)8-16-18/h2-5,8-9H,6-7H2,1H3,(H2,15,17,20). The molecule has 0 atom stereocenters. The number of halogens is 1. The third kappa shape index (κ3) is 4.50. The summed E-state index contributed by atoms with van der Waals surface area (Å²) >= 11 is 8.58. The molecule has 1 aromatic carbocycles. The van der Waals surface area contributed by atoms with Crippen LogP contribution in [0.1, 0.15) is 0 Å². The van der Waals surface area contributed by atoms with Crippen LogP contribution in [-0.2, 0) is 6.54 Å². The Balaban J connectivity index is 1.74. The number of anilines is 1. The highest BCUT2D eigenvalue weighted by Crippen LogP contribution is 2.14. The van der Waals surface area contributed by atoms with Crippen molar-refractivity contribution in [3.8, 4) is 5.75 Å². The maximum Gasteiger partial charge on any atom is 0.170 e. The number of aromatic nitrogens is 2. The van der Waals surface area contributed by atoms with Gasteiger partial charge in [-0.3, -0.25) is 4.68 Å². The molecule has 0 aliphatic heterocycles. The van der Waals surface area contributed by atoms with E-state index in [1.54, 1.807) is 13.3 Å². The number of ether oxygens (including phenoxy) is 1. The van der Waals surface area contributed by atoms with E-state index < -0.39 is 0 Å². The molecule has 2 N–H and O–H groups in total. The summed E-state index contributed by atoms with van der Waals surface area (Å²) in [6, 6.07) is 7.59. The molecule has 0 bridgehead atoms. The van der Waals surface area contributed by atoms with Crippen molar-refractivity contribution in [1.82, 2.24) is 15.1 Å². The average Bonchev–Trinajstić information content (AvgIpc) is 2.85. The van der Waals surface area contributed by atoms with Gasteiger partial charge in [-0.05, 0) is 52.4 Å². The highest BCUT2D eigenvalue weighted by molar-refractivity contribution is 9.10. The zero-order valence-corrected chi connectivity index (χ0v) is 13.4. The number of rotatable bonds is 5. The van der Waals surface area contributed by atoms with Gasteiger partial charge in [0.2, 0.25) is 0 Å². The molecule has 1 aromatic heterocycles. The first-order valence-corrected chi connectivity index (χ1v) is 7.24. The predicted molar refractivity (Wildman–Crippen MR) is 87.1 cm³/mol. The average molecular weight is 355 g/mol. The summed E-state index contributed by atoms with van der Waals surface area (Å²) in [5.74, 6) is 0.818. The van der Waals surface area contributed by atoms with Crippen molar-refractivity contribution in [1.29, 1.82) is 0 Å². The molecular weight excluding hydrogens is 340 g/mol. The lowest BCUT2D eigenvalue weighted by molar-refractivity contribution is 0.415. The second-order valence-electron chi connectivity index (χ2n) is 4.03. The summed E-state index contributed by atoms with van der Waals surface area (Å²) in [4.78, 5) is 0. The summed E-state index contributed by atoms with van der Waals surface area (Å²) in [5, 5.41) is 11.0. The Bertz CT molecular complexity index is 570. The maximum atomic E-state index is 5.23. The Kier molecular flexibility index (Phi) is 5.37. The van der Waals surface area contributed by atoms with Gasteiger partial charge in [-0.1, -0.05) is 0 Å². The lowest BCUT2D eigenvalue weighted by atomic mass is 10.3. The third-order valence-corrected chi connectivity index (χ3v) is 3.23. The largest absolute Gasteiger partial charge is 0.497 e. The Labute approximate surface area is 131 Å². The van der Waals surface area contributed by atoms with Gasteiger partial charge < -0.3 is 15.4 Å². The molecule has 1 heterocycles. The smallest absolute Gasteiger partial charge is 0.170 e. The Morgan fingerprint density at radius 1 is 1.40 bits per heavy atom. The van der Waals surface area contributed by atoms with Gasteiger partial charge in [-0.15, -0.1) is 0 Å². The van der Waals surface area contributed by atoms with E-state index in [-0.39, 0.29) is 0 Å². The number of nitrogens with one attached hydrogen (secondary N) is 2. The molecule has 2 rings (SSSR count). The minimum atomic E-state index is 0.585. The highest BCUT2D eigenvalue weighted by Gasteiger charge is 1.99. The van der Waals surface area contributed by atoms with Crippen molar-refractivity contribution in [3.05, 3.63) is 41.1 Å². The van der Waals surface area contributed by atoms with Crippen LogP contribution in [0.5, 0.6) is 5.75 Å². The number of hydrogen-bond acceptors (Lipinski definition) is 3. The number of methoxy groups -OCH3 is 1. The van der Waals surface area contributed by atoms with Crippen LogP contribution in [0.15, 0.2) is 41.1 Å². The van der Waals surface area contributed by atoms with Crippen molar-refractivity contribution in [3.63, 3.8) is 0 Å². The SMILES string of the molecule is COc1ccc(NC(=S)NCCn2cc(Br)cn2)cc1. The van der Waals surface area contributed by atoms with Gasteiger partial charge in [0.1, 0.15) is 5.75 Å².